The standard InChI is InChI=1S/C8H13N/c1-7-3-2-4-8(7)5-6-9/h5H,1-4,6,9H2/b8-5-. The van der Waals surface area contributed by atoms with Crippen LogP contribution in [0.4, 0.5) is 0 Å². The van der Waals surface area contributed by atoms with Crippen molar-refractivity contribution in [3.63, 3.8) is 0 Å². The molecule has 0 atom stereocenters. The molecule has 9 heavy (non-hydrogen) atoms. The Labute approximate surface area is 56.2 Å². The number of rotatable bonds is 1. The Morgan fingerprint density at radius 3 is 2.78 bits per heavy atom. The molecular weight excluding hydrogens is 110 g/mol. The van der Waals surface area contributed by atoms with Gasteiger partial charge in [0.1, 0.15) is 0 Å². The first-order valence-electron chi connectivity index (χ1n) is 3.42. The van der Waals surface area contributed by atoms with E-state index in [-0.39, 0.29) is 0 Å². The highest BCUT2D eigenvalue weighted by Gasteiger charge is 2.09. The van der Waals surface area contributed by atoms with E-state index in [0.717, 1.165) is 0 Å². The van der Waals surface area contributed by atoms with Crippen LogP contribution in [0.25, 0.3) is 0 Å². The molecule has 0 aromatic carbocycles. The minimum atomic E-state index is 0.661. The molecule has 1 aliphatic carbocycles. The predicted molar refractivity (Wildman–Crippen MR) is 40.1 cm³/mol. The first kappa shape index (κ1) is 6.56. The summed E-state index contributed by atoms with van der Waals surface area (Å²) in [6, 6.07) is 0. The quantitative estimate of drug-likeness (QED) is 0.563. The van der Waals surface area contributed by atoms with Gasteiger partial charge in [0.15, 0.2) is 0 Å². The zero-order chi connectivity index (χ0) is 6.69. The minimum absolute atomic E-state index is 0.661. The van der Waals surface area contributed by atoms with E-state index in [1.54, 1.807) is 0 Å². The summed E-state index contributed by atoms with van der Waals surface area (Å²) in [6.07, 6.45) is 5.71. The van der Waals surface area contributed by atoms with Gasteiger partial charge < -0.3 is 5.73 Å². The Morgan fingerprint density at radius 1 is 1.56 bits per heavy atom. The first-order valence-corrected chi connectivity index (χ1v) is 3.42. The lowest BCUT2D eigenvalue weighted by Gasteiger charge is -1.94. The van der Waals surface area contributed by atoms with Crippen molar-refractivity contribution in [1.82, 2.24) is 0 Å². The van der Waals surface area contributed by atoms with E-state index in [0.29, 0.717) is 6.54 Å². The zero-order valence-electron chi connectivity index (χ0n) is 5.69. The van der Waals surface area contributed by atoms with Crippen LogP contribution in [0.3, 0.4) is 0 Å². The Bertz CT molecular complexity index is 145. The molecule has 0 aromatic heterocycles. The minimum Gasteiger partial charge on any atom is -0.327 e. The fourth-order valence-corrected chi connectivity index (χ4v) is 1.22. The molecule has 1 aliphatic rings. The average Bonchev–Trinajstić information content (AvgIpc) is 2.18. The van der Waals surface area contributed by atoms with E-state index in [4.69, 9.17) is 5.73 Å². The molecule has 0 aliphatic heterocycles. The second kappa shape index (κ2) is 2.83. The molecular formula is C8H13N. The van der Waals surface area contributed by atoms with Crippen molar-refractivity contribution in [3.05, 3.63) is 23.8 Å². The van der Waals surface area contributed by atoms with Crippen molar-refractivity contribution in [2.24, 2.45) is 5.73 Å². The van der Waals surface area contributed by atoms with Crippen molar-refractivity contribution in [2.45, 2.75) is 19.3 Å². The van der Waals surface area contributed by atoms with Crippen LogP contribution in [0.15, 0.2) is 23.8 Å². The lowest BCUT2D eigenvalue weighted by Crippen LogP contribution is -1.94. The molecule has 50 valence electrons. The van der Waals surface area contributed by atoms with Gasteiger partial charge >= 0.3 is 0 Å². The highest BCUT2D eigenvalue weighted by molar-refractivity contribution is 5.32. The molecule has 0 amide bonds. The third kappa shape index (κ3) is 1.42. The first-order chi connectivity index (χ1) is 4.34. The van der Waals surface area contributed by atoms with Crippen LogP contribution in [-0.4, -0.2) is 6.54 Å². The summed E-state index contributed by atoms with van der Waals surface area (Å²) >= 11 is 0. The molecule has 1 rings (SSSR count). The Hall–Kier alpha value is -0.560. The van der Waals surface area contributed by atoms with Crippen LogP contribution >= 0.6 is 0 Å². The predicted octanol–water partition coefficient (Wildman–Crippen LogP) is 1.61. The van der Waals surface area contributed by atoms with E-state index in [9.17, 15) is 0 Å². The van der Waals surface area contributed by atoms with Crippen LogP contribution in [0.1, 0.15) is 19.3 Å². The summed E-state index contributed by atoms with van der Waals surface area (Å²) < 4.78 is 0. The molecule has 1 nitrogen and oxygen atoms in total. The molecule has 0 aromatic rings. The third-order valence-corrected chi connectivity index (χ3v) is 1.74. The fraction of sp³-hybridized carbons (Fsp3) is 0.500. The average molecular weight is 123 g/mol. The van der Waals surface area contributed by atoms with Crippen LogP contribution < -0.4 is 5.73 Å². The van der Waals surface area contributed by atoms with E-state index >= 15 is 0 Å². The Morgan fingerprint density at radius 2 is 2.33 bits per heavy atom. The second-order valence-corrected chi connectivity index (χ2v) is 2.42. The lowest BCUT2D eigenvalue weighted by molar-refractivity contribution is 0.931. The van der Waals surface area contributed by atoms with Crippen LogP contribution in [0.2, 0.25) is 0 Å². The molecule has 0 radical (unpaired) electrons. The lowest BCUT2D eigenvalue weighted by atomic mass is 10.1. The largest absolute Gasteiger partial charge is 0.327 e. The van der Waals surface area contributed by atoms with Gasteiger partial charge in [0.2, 0.25) is 0 Å². The zero-order valence-corrected chi connectivity index (χ0v) is 5.69. The van der Waals surface area contributed by atoms with Gasteiger partial charge in [-0.25, -0.2) is 0 Å². The maximum Gasteiger partial charge on any atom is 0.0112 e. The van der Waals surface area contributed by atoms with Crippen LogP contribution in [-0.2, 0) is 0 Å². The molecule has 2 N–H and O–H groups in total. The van der Waals surface area contributed by atoms with E-state index in [1.807, 2.05) is 0 Å². The normalized spacial score (nSPS) is 23.7. The van der Waals surface area contributed by atoms with Gasteiger partial charge in [0.05, 0.1) is 0 Å². The fourth-order valence-electron chi connectivity index (χ4n) is 1.22. The summed E-state index contributed by atoms with van der Waals surface area (Å²) in [5.41, 5.74) is 8.03. The van der Waals surface area contributed by atoms with Gasteiger partial charge in [-0.2, -0.15) is 0 Å². The van der Waals surface area contributed by atoms with E-state index in [2.05, 4.69) is 12.7 Å². The smallest absolute Gasteiger partial charge is 0.0112 e. The van der Waals surface area contributed by atoms with Gasteiger partial charge in [-0.3, -0.25) is 0 Å². The van der Waals surface area contributed by atoms with Gasteiger partial charge in [-0.1, -0.05) is 18.2 Å². The Kier molecular flexibility index (Phi) is 2.06. The Balaban J connectivity index is 2.59. The molecule has 0 spiro atoms. The number of allylic oxidation sites excluding steroid dienone is 2. The van der Waals surface area contributed by atoms with Crippen LogP contribution in [0.5, 0.6) is 0 Å². The van der Waals surface area contributed by atoms with Gasteiger partial charge in [-0.05, 0) is 24.8 Å². The molecule has 0 bridgehead atoms. The second-order valence-electron chi connectivity index (χ2n) is 2.42. The van der Waals surface area contributed by atoms with Crippen molar-refractivity contribution in [1.29, 1.82) is 0 Å². The highest BCUT2D eigenvalue weighted by Crippen LogP contribution is 2.27. The SMILES string of the molecule is C=C1CCC/C1=C/CN. The van der Waals surface area contributed by atoms with Crippen molar-refractivity contribution in [3.8, 4) is 0 Å². The summed E-state index contributed by atoms with van der Waals surface area (Å²) in [7, 11) is 0. The topological polar surface area (TPSA) is 26.0 Å². The molecule has 1 fully saturated rings. The van der Waals surface area contributed by atoms with Gasteiger partial charge in [0, 0.05) is 6.54 Å². The molecule has 0 heterocycles. The highest BCUT2D eigenvalue weighted by atomic mass is 14.5. The molecule has 0 unspecified atom stereocenters. The van der Waals surface area contributed by atoms with Crippen LogP contribution in [0, 0.1) is 0 Å². The molecule has 0 saturated heterocycles. The maximum atomic E-state index is 5.35. The maximum absolute atomic E-state index is 5.35. The van der Waals surface area contributed by atoms with Crippen molar-refractivity contribution < 1.29 is 0 Å². The number of hydrogen-bond acceptors (Lipinski definition) is 1. The summed E-state index contributed by atoms with van der Waals surface area (Å²) in [5.74, 6) is 0. The van der Waals surface area contributed by atoms with Gasteiger partial charge in [0.25, 0.3) is 0 Å². The number of hydrogen-bond donors (Lipinski definition) is 1. The summed E-state index contributed by atoms with van der Waals surface area (Å²) in [6.45, 7) is 4.59. The summed E-state index contributed by atoms with van der Waals surface area (Å²) in [4.78, 5) is 0. The van der Waals surface area contributed by atoms with E-state index in [1.165, 1.54) is 30.4 Å². The van der Waals surface area contributed by atoms with Crippen molar-refractivity contribution >= 4 is 0 Å². The molecule has 1 saturated carbocycles. The van der Waals surface area contributed by atoms with Gasteiger partial charge in [-0.15, -0.1) is 0 Å². The third-order valence-electron chi connectivity index (χ3n) is 1.74. The van der Waals surface area contributed by atoms with Crippen molar-refractivity contribution in [2.75, 3.05) is 6.54 Å². The summed E-state index contributed by atoms with van der Waals surface area (Å²) in [5, 5.41) is 0. The number of nitrogens with two attached hydrogens (primary N) is 1. The van der Waals surface area contributed by atoms with E-state index < -0.39 is 0 Å². The molecule has 1 heteroatoms. The monoisotopic (exact) mass is 123 g/mol.